The van der Waals surface area contributed by atoms with Crippen molar-refractivity contribution in [3.05, 3.63) is 0 Å². The Morgan fingerprint density at radius 3 is 2.80 bits per heavy atom. The molecule has 0 aromatic heterocycles. The van der Waals surface area contributed by atoms with Crippen molar-refractivity contribution >= 4 is 5.91 Å². The topological polar surface area (TPSA) is 46.3 Å². The third-order valence-electron chi connectivity index (χ3n) is 3.81. The van der Waals surface area contributed by atoms with Gasteiger partial charge >= 0.3 is 0 Å². The molecule has 2 rings (SSSR count). The fraction of sp³-hybridized carbons (Fsp3) is 0.917. The average molecular weight is 210 g/mol. The maximum atomic E-state index is 12.0. The smallest absolute Gasteiger partial charge is 0.224 e. The Bertz CT molecular complexity index is 238. The van der Waals surface area contributed by atoms with Gasteiger partial charge in [-0.15, -0.1) is 0 Å². The molecule has 2 N–H and O–H groups in total. The number of amides is 1. The molecule has 1 amide bonds. The van der Waals surface area contributed by atoms with Gasteiger partial charge in [0.05, 0.1) is 0 Å². The van der Waals surface area contributed by atoms with Crippen LogP contribution in [0.1, 0.15) is 45.4 Å². The van der Waals surface area contributed by atoms with Crippen LogP contribution in [-0.2, 0) is 4.79 Å². The molecule has 2 unspecified atom stereocenters. The Kier molecular flexibility index (Phi) is 3.29. The summed E-state index contributed by atoms with van der Waals surface area (Å²) in [4.78, 5) is 14.1. The summed E-state index contributed by atoms with van der Waals surface area (Å²) < 4.78 is 0. The molecule has 2 atom stereocenters. The van der Waals surface area contributed by atoms with Crippen LogP contribution < -0.4 is 5.73 Å². The number of carbonyl (C=O) groups is 1. The van der Waals surface area contributed by atoms with Gasteiger partial charge in [0.15, 0.2) is 0 Å². The normalized spacial score (nSPS) is 28.1. The molecule has 1 saturated heterocycles. The Balaban J connectivity index is 1.83. The molecule has 0 spiro atoms. The summed E-state index contributed by atoms with van der Waals surface area (Å²) >= 11 is 0. The maximum Gasteiger partial charge on any atom is 0.224 e. The van der Waals surface area contributed by atoms with Crippen LogP contribution in [0, 0.1) is 5.92 Å². The highest BCUT2D eigenvalue weighted by Crippen LogP contribution is 2.33. The number of carbonyl (C=O) groups excluding carboxylic acids is 1. The molecule has 3 nitrogen and oxygen atoms in total. The van der Waals surface area contributed by atoms with Crippen molar-refractivity contribution < 1.29 is 4.79 Å². The molecule has 0 aromatic carbocycles. The second-order valence-corrected chi connectivity index (χ2v) is 5.00. The molecular formula is C12H22N2O. The van der Waals surface area contributed by atoms with Gasteiger partial charge in [0.25, 0.3) is 0 Å². The zero-order chi connectivity index (χ0) is 10.8. The molecule has 1 aliphatic heterocycles. The molecule has 1 saturated carbocycles. The van der Waals surface area contributed by atoms with Crippen LogP contribution in [0.4, 0.5) is 0 Å². The van der Waals surface area contributed by atoms with E-state index in [9.17, 15) is 4.79 Å². The van der Waals surface area contributed by atoms with E-state index >= 15 is 0 Å². The zero-order valence-electron chi connectivity index (χ0n) is 9.61. The van der Waals surface area contributed by atoms with E-state index < -0.39 is 0 Å². The minimum Gasteiger partial charge on any atom is -0.340 e. The lowest BCUT2D eigenvalue weighted by Gasteiger charge is -2.25. The van der Waals surface area contributed by atoms with E-state index in [-0.39, 0.29) is 6.04 Å². The third kappa shape index (κ3) is 2.51. The minimum absolute atomic E-state index is 0.121. The first-order valence-electron chi connectivity index (χ1n) is 6.27. The van der Waals surface area contributed by atoms with Gasteiger partial charge in [0.1, 0.15) is 0 Å². The van der Waals surface area contributed by atoms with Gasteiger partial charge in [0, 0.05) is 25.0 Å². The van der Waals surface area contributed by atoms with Crippen LogP contribution in [0.5, 0.6) is 0 Å². The van der Waals surface area contributed by atoms with E-state index in [1.807, 2.05) is 0 Å². The van der Waals surface area contributed by atoms with E-state index in [0.29, 0.717) is 24.3 Å². The van der Waals surface area contributed by atoms with E-state index in [0.717, 1.165) is 13.0 Å². The molecule has 15 heavy (non-hydrogen) atoms. The highest BCUT2D eigenvalue weighted by molar-refractivity contribution is 5.77. The Hall–Kier alpha value is -0.570. The highest BCUT2D eigenvalue weighted by Gasteiger charge is 2.33. The molecule has 2 fully saturated rings. The van der Waals surface area contributed by atoms with Crippen molar-refractivity contribution in [1.82, 2.24) is 4.90 Å². The van der Waals surface area contributed by atoms with E-state index in [1.54, 1.807) is 0 Å². The summed E-state index contributed by atoms with van der Waals surface area (Å²) in [7, 11) is 0. The summed E-state index contributed by atoms with van der Waals surface area (Å²) in [6.45, 7) is 3.12. The molecular weight excluding hydrogens is 188 g/mol. The van der Waals surface area contributed by atoms with E-state index in [2.05, 4.69) is 11.8 Å². The molecule has 86 valence electrons. The van der Waals surface area contributed by atoms with Crippen molar-refractivity contribution in [2.75, 3.05) is 6.54 Å². The van der Waals surface area contributed by atoms with Gasteiger partial charge in [-0.25, -0.2) is 0 Å². The lowest BCUT2D eigenvalue weighted by molar-refractivity contribution is -0.132. The summed E-state index contributed by atoms with van der Waals surface area (Å²) in [6, 6.07) is 0.611. The van der Waals surface area contributed by atoms with E-state index in [4.69, 9.17) is 5.73 Å². The Morgan fingerprint density at radius 2 is 2.20 bits per heavy atom. The first-order valence-corrected chi connectivity index (χ1v) is 6.27. The van der Waals surface area contributed by atoms with Crippen LogP contribution in [0.25, 0.3) is 0 Å². The summed E-state index contributed by atoms with van der Waals surface area (Å²) in [5.41, 5.74) is 5.99. The second-order valence-electron chi connectivity index (χ2n) is 5.00. The fourth-order valence-electron chi connectivity index (χ4n) is 2.60. The van der Waals surface area contributed by atoms with Crippen molar-refractivity contribution in [3.8, 4) is 0 Å². The van der Waals surface area contributed by atoms with Gasteiger partial charge in [0.2, 0.25) is 5.91 Å². The van der Waals surface area contributed by atoms with Crippen LogP contribution in [0.15, 0.2) is 0 Å². The summed E-state index contributed by atoms with van der Waals surface area (Å²) in [5, 5.41) is 0. The quantitative estimate of drug-likeness (QED) is 0.764. The standard InChI is InChI=1S/C12H22N2O/c1-2-10-4-3-7-14(10)12(15)8-11(13)9-5-6-9/h9-11H,2-8,13H2,1H3. The number of nitrogens with zero attached hydrogens (tertiary/aromatic N) is 1. The van der Waals surface area contributed by atoms with Gasteiger partial charge in [-0.3, -0.25) is 4.79 Å². The maximum absolute atomic E-state index is 12.0. The SMILES string of the molecule is CCC1CCCN1C(=O)CC(N)C1CC1. The third-order valence-corrected chi connectivity index (χ3v) is 3.81. The van der Waals surface area contributed by atoms with Gasteiger partial charge < -0.3 is 10.6 Å². The van der Waals surface area contributed by atoms with E-state index in [1.165, 1.54) is 25.7 Å². The number of rotatable bonds is 4. The number of hydrogen-bond donors (Lipinski definition) is 1. The van der Waals surface area contributed by atoms with Crippen LogP contribution in [-0.4, -0.2) is 29.4 Å². The zero-order valence-corrected chi connectivity index (χ0v) is 9.61. The van der Waals surface area contributed by atoms with Gasteiger partial charge in [-0.05, 0) is 38.0 Å². The van der Waals surface area contributed by atoms with Crippen LogP contribution in [0.2, 0.25) is 0 Å². The molecule has 1 aliphatic carbocycles. The summed E-state index contributed by atoms with van der Waals surface area (Å²) in [5.74, 6) is 0.926. The molecule has 1 heterocycles. The summed E-state index contributed by atoms with van der Waals surface area (Å²) in [6.07, 6.45) is 6.46. The number of nitrogens with two attached hydrogens (primary N) is 1. The van der Waals surface area contributed by atoms with Crippen molar-refractivity contribution in [3.63, 3.8) is 0 Å². The highest BCUT2D eigenvalue weighted by atomic mass is 16.2. The molecule has 3 heteroatoms. The van der Waals surface area contributed by atoms with Gasteiger partial charge in [-0.1, -0.05) is 6.92 Å². The number of hydrogen-bond acceptors (Lipinski definition) is 2. The second kappa shape index (κ2) is 4.52. The molecule has 0 radical (unpaired) electrons. The lowest BCUT2D eigenvalue weighted by atomic mass is 10.1. The molecule has 0 bridgehead atoms. The predicted molar refractivity (Wildman–Crippen MR) is 60.3 cm³/mol. The first-order chi connectivity index (χ1) is 7.22. The van der Waals surface area contributed by atoms with Crippen LogP contribution in [0.3, 0.4) is 0 Å². The molecule has 2 aliphatic rings. The van der Waals surface area contributed by atoms with Gasteiger partial charge in [-0.2, -0.15) is 0 Å². The number of likely N-dealkylation sites (tertiary alicyclic amines) is 1. The minimum atomic E-state index is 0.121. The van der Waals surface area contributed by atoms with Crippen molar-refractivity contribution in [2.45, 2.75) is 57.5 Å². The largest absolute Gasteiger partial charge is 0.340 e. The Morgan fingerprint density at radius 1 is 1.47 bits per heavy atom. The van der Waals surface area contributed by atoms with Crippen molar-refractivity contribution in [1.29, 1.82) is 0 Å². The molecule has 0 aromatic rings. The Labute approximate surface area is 92.0 Å². The predicted octanol–water partition coefficient (Wildman–Crippen LogP) is 1.51. The van der Waals surface area contributed by atoms with Crippen molar-refractivity contribution in [2.24, 2.45) is 11.7 Å². The monoisotopic (exact) mass is 210 g/mol. The average Bonchev–Trinajstić information content (AvgIpc) is 2.96. The van der Waals surface area contributed by atoms with Crippen LogP contribution >= 0.6 is 0 Å². The fourth-order valence-corrected chi connectivity index (χ4v) is 2.60. The first kappa shape index (κ1) is 10.9. The lowest BCUT2D eigenvalue weighted by Crippen LogP contribution is -2.39.